The molecule has 0 unspecified atom stereocenters. The summed E-state index contributed by atoms with van der Waals surface area (Å²) in [6, 6.07) is 4.07. The van der Waals surface area contributed by atoms with Gasteiger partial charge in [0.05, 0.1) is 30.4 Å². The first kappa shape index (κ1) is 24.5. The van der Waals surface area contributed by atoms with Crippen LogP contribution in [0.2, 0.25) is 0 Å². The maximum Gasteiger partial charge on any atom is 0.333 e. The van der Waals surface area contributed by atoms with Gasteiger partial charge in [-0.2, -0.15) is 10.2 Å². The highest BCUT2D eigenvalue weighted by molar-refractivity contribution is 7.21. The molecule has 0 fully saturated rings. The molecule has 4 rings (SSSR count). The van der Waals surface area contributed by atoms with Crippen LogP contribution in [0.15, 0.2) is 40.2 Å². The molecular formula is C23H24FN5O5S. The highest BCUT2D eigenvalue weighted by Gasteiger charge is 2.35. The van der Waals surface area contributed by atoms with Gasteiger partial charge in [0.15, 0.2) is 0 Å². The highest BCUT2D eigenvalue weighted by Crippen LogP contribution is 2.32. The normalized spacial score (nSPS) is 12.9. The van der Waals surface area contributed by atoms with E-state index in [1.54, 1.807) is 13.0 Å². The van der Waals surface area contributed by atoms with Crippen molar-refractivity contribution in [1.82, 2.24) is 24.1 Å². The summed E-state index contributed by atoms with van der Waals surface area (Å²) in [7, 11) is 0. The van der Waals surface area contributed by atoms with Crippen molar-refractivity contribution < 1.29 is 19.4 Å². The molecule has 3 aromatic heterocycles. The Bertz CT molecular complexity index is 1550. The Labute approximate surface area is 202 Å². The van der Waals surface area contributed by atoms with Crippen LogP contribution in [0.5, 0.6) is 0 Å². The molecule has 0 aliphatic carbocycles. The number of carboxylic acid groups (broad SMARTS) is 1. The topological polar surface area (TPSA) is 132 Å². The number of aromatic nitrogens is 5. The molecule has 0 amide bonds. The molecule has 1 aromatic carbocycles. The summed E-state index contributed by atoms with van der Waals surface area (Å²) in [5.41, 5.74) is -2.07. The van der Waals surface area contributed by atoms with E-state index in [0.717, 1.165) is 11.3 Å². The number of aliphatic carboxylic acids is 1. The number of rotatable bonds is 7. The van der Waals surface area contributed by atoms with E-state index in [9.17, 15) is 29.0 Å². The number of aliphatic hydroxyl groups excluding tert-OH is 1. The average molecular weight is 502 g/mol. The number of nitrogens with zero attached hydrogens (tertiary/aromatic N) is 5. The molecule has 1 atom stereocenters. The molecule has 0 spiro atoms. The third-order valence-corrected chi connectivity index (χ3v) is 7.35. The fourth-order valence-electron chi connectivity index (χ4n) is 4.06. The fourth-order valence-corrected chi connectivity index (χ4v) is 5.28. The van der Waals surface area contributed by atoms with Crippen molar-refractivity contribution in [2.45, 2.75) is 52.3 Å². The van der Waals surface area contributed by atoms with Crippen LogP contribution < -0.4 is 11.2 Å². The van der Waals surface area contributed by atoms with Gasteiger partial charge in [-0.1, -0.05) is 24.3 Å². The number of carbonyl (C=O) groups is 1. The van der Waals surface area contributed by atoms with E-state index in [4.69, 9.17) is 0 Å². The molecule has 10 nitrogen and oxygen atoms in total. The quantitative estimate of drug-likeness (QED) is 0.397. The summed E-state index contributed by atoms with van der Waals surface area (Å²) in [6.07, 6.45) is 2.15. The van der Waals surface area contributed by atoms with Gasteiger partial charge in [0.2, 0.25) is 0 Å². The largest absolute Gasteiger partial charge is 0.480 e. The van der Waals surface area contributed by atoms with Crippen molar-refractivity contribution in [1.29, 1.82) is 0 Å². The maximum absolute atomic E-state index is 14.0. The number of thiophene rings is 1. The predicted molar refractivity (Wildman–Crippen MR) is 128 cm³/mol. The zero-order valence-electron chi connectivity index (χ0n) is 19.5. The first-order valence-corrected chi connectivity index (χ1v) is 11.7. The second-order valence-corrected chi connectivity index (χ2v) is 9.62. The van der Waals surface area contributed by atoms with Crippen LogP contribution in [-0.2, 0) is 23.3 Å². The highest BCUT2D eigenvalue weighted by atomic mass is 32.1. The lowest BCUT2D eigenvalue weighted by atomic mass is 10.00. The van der Waals surface area contributed by atoms with Gasteiger partial charge >= 0.3 is 11.7 Å². The van der Waals surface area contributed by atoms with Gasteiger partial charge in [0, 0.05) is 5.56 Å². The van der Waals surface area contributed by atoms with Gasteiger partial charge in [-0.3, -0.25) is 9.36 Å². The van der Waals surface area contributed by atoms with E-state index in [1.807, 2.05) is 6.92 Å². The number of aliphatic hydroxyl groups is 1. The minimum Gasteiger partial charge on any atom is -0.480 e. The van der Waals surface area contributed by atoms with E-state index < -0.39 is 34.7 Å². The Morgan fingerprint density at radius 1 is 1.23 bits per heavy atom. The van der Waals surface area contributed by atoms with Gasteiger partial charge in [0.25, 0.3) is 5.56 Å². The number of hydrogen-bond donors (Lipinski definition) is 2. The second kappa shape index (κ2) is 8.86. The third kappa shape index (κ3) is 3.98. The molecule has 184 valence electrons. The maximum atomic E-state index is 14.0. The van der Waals surface area contributed by atoms with Crippen LogP contribution in [0.4, 0.5) is 4.39 Å². The van der Waals surface area contributed by atoms with Crippen molar-refractivity contribution in [3.8, 4) is 5.00 Å². The molecule has 0 radical (unpaired) electrons. The van der Waals surface area contributed by atoms with Crippen molar-refractivity contribution in [2.24, 2.45) is 0 Å². The second-order valence-electron chi connectivity index (χ2n) is 8.64. The van der Waals surface area contributed by atoms with Crippen LogP contribution in [0.1, 0.15) is 43.6 Å². The van der Waals surface area contributed by atoms with Crippen molar-refractivity contribution in [2.75, 3.05) is 0 Å². The Balaban J connectivity index is 2.03. The van der Waals surface area contributed by atoms with Crippen molar-refractivity contribution in [3.63, 3.8) is 0 Å². The van der Waals surface area contributed by atoms with Crippen molar-refractivity contribution >= 4 is 27.5 Å². The lowest BCUT2D eigenvalue weighted by molar-refractivity contribution is -0.146. The minimum absolute atomic E-state index is 0.124. The number of benzene rings is 1. The number of fused-ring (bicyclic) bond motifs is 1. The van der Waals surface area contributed by atoms with Crippen LogP contribution in [0.3, 0.4) is 0 Å². The number of carboxylic acids is 1. The number of aryl methyl sites for hydroxylation is 2. The standard InChI is InChI=1S/C23H24FN5O5S/c1-5-13-6-7-14(24)10-15(13)16(30)11-27-20-17(12(2)19(35-20)29-25-8-9-26-29)18(31)28(22(27)34)23(3,4)21(32)33/h6-10,16,30H,5,11H2,1-4H3,(H,32,33)/t16-/m0/s1. The first-order valence-electron chi connectivity index (χ1n) is 10.8. The summed E-state index contributed by atoms with van der Waals surface area (Å²) in [5.74, 6) is -1.91. The third-order valence-electron chi connectivity index (χ3n) is 6.07. The monoisotopic (exact) mass is 501 g/mol. The van der Waals surface area contributed by atoms with Gasteiger partial charge in [-0.25, -0.2) is 18.5 Å². The molecule has 0 saturated carbocycles. The minimum atomic E-state index is -1.87. The zero-order chi connectivity index (χ0) is 25.7. The van der Waals surface area contributed by atoms with E-state index in [0.29, 0.717) is 32.7 Å². The molecule has 0 bridgehead atoms. The molecule has 3 heterocycles. The lowest BCUT2D eigenvalue weighted by Gasteiger charge is -2.24. The smallest absolute Gasteiger partial charge is 0.333 e. The Hall–Kier alpha value is -3.64. The van der Waals surface area contributed by atoms with Crippen molar-refractivity contribution in [3.05, 3.63) is 73.9 Å². The summed E-state index contributed by atoms with van der Waals surface area (Å²) in [4.78, 5) is 40.6. The molecule has 0 aliphatic rings. The van der Waals surface area contributed by atoms with E-state index in [-0.39, 0.29) is 16.8 Å². The fraction of sp³-hybridized carbons (Fsp3) is 0.348. The average Bonchev–Trinajstić information content (AvgIpc) is 3.44. The molecule has 0 aliphatic heterocycles. The van der Waals surface area contributed by atoms with Gasteiger partial charge < -0.3 is 10.2 Å². The Morgan fingerprint density at radius 3 is 2.49 bits per heavy atom. The predicted octanol–water partition coefficient (Wildman–Crippen LogP) is 2.37. The zero-order valence-corrected chi connectivity index (χ0v) is 20.3. The molecule has 0 saturated heterocycles. The molecule has 2 N–H and O–H groups in total. The van der Waals surface area contributed by atoms with Gasteiger partial charge in [-0.15, -0.1) is 4.80 Å². The van der Waals surface area contributed by atoms with E-state index in [2.05, 4.69) is 10.2 Å². The van der Waals surface area contributed by atoms with Crippen LogP contribution in [-0.4, -0.2) is 40.3 Å². The van der Waals surface area contributed by atoms with E-state index >= 15 is 0 Å². The summed E-state index contributed by atoms with van der Waals surface area (Å²) in [5, 5.41) is 29.6. The number of halogens is 1. The van der Waals surface area contributed by atoms with Gasteiger partial charge in [0.1, 0.15) is 21.2 Å². The molecule has 4 aromatic rings. The van der Waals surface area contributed by atoms with Crippen LogP contribution in [0.25, 0.3) is 15.2 Å². The summed E-state index contributed by atoms with van der Waals surface area (Å²) < 4.78 is 15.8. The Morgan fingerprint density at radius 2 is 1.89 bits per heavy atom. The summed E-state index contributed by atoms with van der Waals surface area (Å²) in [6.45, 7) is 5.70. The van der Waals surface area contributed by atoms with Crippen LogP contribution in [0, 0.1) is 12.7 Å². The molecular weight excluding hydrogens is 477 g/mol. The summed E-state index contributed by atoms with van der Waals surface area (Å²) >= 11 is 1.07. The SMILES string of the molecule is CCc1ccc(F)cc1[C@@H](O)Cn1c(=O)n(C(C)(C)C(=O)O)c(=O)c2c(C)c(-n3nccn3)sc21. The Kier molecular flexibility index (Phi) is 6.20. The van der Waals surface area contributed by atoms with Crippen LogP contribution >= 0.6 is 11.3 Å². The molecule has 35 heavy (non-hydrogen) atoms. The first-order chi connectivity index (χ1) is 16.5. The molecule has 12 heteroatoms. The van der Waals surface area contributed by atoms with Gasteiger partial charge in [-0.05, 0) is 50.5 Å². The lowest BCUT2D eigenvalue weighted by Crippen LogP contribution is -2.52. The van der Waals surface area contributed by atoms with E-state index in [1.165, 1.54) is 47.7 Å². The number of hydrogen-bond acceptors (Lipinski definition) is 7.